The number of aromatic nitrogens is 1. The lowest BCUT2D eigenvalue weighted by Gasteiger charge is -2.11. The van der Waals surface area contributed by atoms with Crippen LogP contribution in [0.15, 0.2) is 47.5 Å². The molecule has 1 aromatic carbocycles. The van der Waals surface area contributed by atoms with Gasteiger partial charge in [-0.15, -0.1) is 13.2 Å². The van der Waals surface area contributed by atoms with Crippen molar-refractivity contribution in [1.29, 1.82) is 0 Å². The van der Waals surface area contributed by atoms with Gasteiger partial charge >= 0.3 is 6.36 Å². The summed E-state index contributed by atoms with van der Waals surface area (Å²) in [7, 11) is -3.99. The van der Waals surface area contributed by atoms with E-state index in [0.717, 1.165) is 29.8 Å². The zero-order valence-corrected chi connectivity index (χ0v) is 17.6. The summed E-state index contributed by atoms with van der Waals surface area (Å²) in [6.07, 6.45) is -3.44. The Bertz CT molecular complexity index is 963. The number of rotatable bonds is 10. The first-order valence-electron chi connectivity index (χ1n) is 9.18. The highest BCUT2D eigenvalue weighted by Crippen LogP contribution is 2.23. The van der Waals surface area contributed by atoms with E-state index in [9.17, 15) is 26.4 Å². The summed E-state index contributed by atoms with van der Waals surface area (Å²) in [4.78, 5) is 15.8. The number of sulfonamides is 1. The Morgan fingerprint density at radius 2 is 1.81 bits per heavy atom. The van der Waals surface area contributed by atoms with Crippen LogP contribution in [0.3, 0.4) is 0 Å². The van der Waals surface area contributed by atoms with Gasteiger partial charge in [0.1, 0.15) is 5.75 Å². The van der Waals surface area contributed by atoms with Crippen molar-refractivity contribution in [2.75, 3.05) is 6.54 Å². The maximum absolute atomic E-state index is 12.2. The molecule has 0 aliphatic carbocycles. The second-order valence-corrected chi connectivity index (χ2v) is 8.38. The van der Waals surface area contributed by atoms with Gasteiger partial charge in [0, 0.05) is 31.8 Å². The summed E-state index contributed by atoms with van der Waals surface area (Å²) < 4.78 is 72.1. The van der Waals surface area contributed by atoms with Crippen molar-refractivity contribution in [2.45, 2.75) is 44.2 Å². The molecule has 0 radical (unpaired) electrons. The molecule has 0 aliphatic heterocycles. The van der Waals surface area contributed by atoms with Crippen LogP contribution in [0.4, 0.5) is 13.2 Å². The van der Waals surface area contributed by atoms with Crippen LogP contribution in [0.5, 0.6) is 11.6 Å². The minimum absolute atomic E-state index is 0.00649. The first-order valence-corrected chi connectivity index (χ1v) is 10.7. The van der Waals surface area contributed by atoms with Crippen molar-refractivity contribution >= 4 is 15.9 Å². The van der Waals surface area contributed by atoms with Gasteiger partial charge in [-0.25, -0.2) is 18.1 Å². The molecule has 1 heterocycles. The van der Waals surface area contributed by atoms with E-state index >= 15 is 0 Å². The number of halogens is 3. The fraction of sp³-hybridized carbons (Fsp3) is 0.368. The third kappa shape index (κ3) is 8.80. The van der Waals surface area contributed by atoms with E-state index in [-0.39, 0.29) is 36.4 Å². The number of nitrogens with one attached hydrogen (secondary N) is 2. The molecule has 2 rings (SSSR count). The van der Waals surface area contributed by atoms with Gasteiger partial charge in [-0.05, 0) is 43.7 Å². The Morgan fingerprint density at radius 1 is 1.13 bits per heavy atom. The molecule has 0 saturated carbocycles. The molecule has 2 aromatic rings. The van der Waals surface area contributed by atoms with E-state index in [2.05, 4.69) is 19.8 Å². The fourth-order valence-electron chi connectivity index (χ4n) is 2.32. The summed E-state index contributed by atoms with van der Waals surface area (Å²) in [5, 5.41) is 2.64. The van der Waals surface area contributed by atoms with Crippen LogP contribution in [-0.2, 0) is 21.4 Å². The first-order chi connectivity index (χ1) is 14.4. The third-order valence-electron chi connectivity index (χ3n) is 3.66. The SMILES string of the molecule is CC(C)Oc1ccc(CNC(=O)CCNS(=O)(=O)c2ccc(OC(F)(F)F)cc2)cn1. The van der Waals surface area contributed by atoms with Gasteiger partial charge in [0.2, 0.25) is 21.8 Å². The molecular weight excluding hydrogens is 439 g/mol. The largest absolute Gasteiger partial charge is 0.573 e. The normalized spacial score (nSPS) is 11.9. The second kappa shape index (κ2) is 10.4. The molecule has 0 spiro atoms. The number of nitrogens with zero attached hydrogens (tertiary/aromatic N) is 1. The maximum Gasteiger partial charge on any atom is 0.573 e. The molecule has 31 heavy (non-hydrogen) atoms. The van der Waals surface area contributed by atoms with E-state index < -0.39 is 22.1 Å². The molecule has 0 atom stereocenters. The number of carbonyl (C=O) groups is 1. The number of alkyl halides is 3. The summed E-state index contributed by atoms with van der Waals surface area (Å²) in [6.45, 7) is 3.78. The van der Waals surface area contributed by atoms with Gasteiger partial charge in [-0.3, -0.25) is 4.79 Å². The van der Waals surface area contributed by atoms with Crippen LogP contribution in [0.25, 0.3) is 0 Å². The number of ether oxygens (including phenoxy) is 2. The van der Waals surface area contributed by atoms with Crippen molar-refractivity contribution in [1.82, 2.24) is 15.0 Å². The molecule has 170 valence electrons. The highest BCUT2D eigenvalue weighted by Gasteiger charge is 2.31. The predicted molar refractivity (Wildman–Crippen MR) is 105 cm³/mol. The lowest BCUT2D eigenvalue weighted by molar-refractivity contribution is -0.274. The van der Waals surface area contributed by atoms with Crippen LogP contribution in [0.2, 0.25) is 0 Å². The summed E-state index contributed by atoms with van der Waals surface area (Å²) >= 11 is 0. The van der Waals surface area contributed by atoms with Gasteiger partial charge in [-0.1, -0.05) is 6.07 Å². The monoisotopic (exact) mass is 461 g/mol. The minimum atomic E-state index is -4.87. The van der Waals surface area contributed by atoms with E-state index in [1.807, 2.05) is 13.8 Å². The quantitative estimate of drug-likeness (QED) is 0.564. The number of pyridine rings is 1. The molecular formula is C19H22F3N3O5S. The van der Waals surface area contributed by atoms with Crippen LogP contribution >= 0.6 is 0 Å². The Balaban J connectivity index is 1.78. The molecule has 0 saturated heterocycles. The average Bonchev–Trinajstić information content (AvgIpc) is 2.66. The highest BCUT2D eigenvalue weighted by atomic mass is 32.2. The van der Waals surface area contributed by atoms with E-state index in [0.29, 0.717) is 5.88 Å². The molecule has 0 bridgehead atoms. The summed E-state index contributed by atoms with van der Waals surface area (Å²) in [5.74, 6) is -0.458. The van der Waals surface area contributed by atoms with Crippen molar-refractivity contribution in [2.24, 2.45) is 0 Å². The van der Waals surface area contributed by atoms with Gasteiger partial charge in [-0.2, -0.15) is 0 Å². The van der Waals surface area contributed by atoms with Gasteiger partial charge in [0.05, 0.1) is 11.0 Å². The Hall–Kier alpha value is -2.86. The third-order valence-corrected chi connectivity index (χ3v) is 5.13. The molecule has 8 nitrogen and oxygen atoms in total. The van der Waals surface area contributed by atoms with Crippen molar-refractivity contribution in [3.05, 3.63) is 48.2 Å². The van der Waals surface area contributed by atoms with Crippen molar-refractivity contribution < 1.29 is 35.9 Å². The zero-order chi connectivity index (χ0) is 23.1. The number of amides is 1. The zero-order valence-electron chi connectivity index (χ0n) is 16.8. The van der Waals surface area contributed by atoms with E-state index in [1.54, 1.807) is 18.3 Å². The van der Waals surface area contributed by atoms with Crippen molar-refractivity contribution in [3.8, 4) is 11.6 Å². The minimum Gasteiger partial charge on any atom is -0.475 e. The van der Waals surface area contributed by atoms with Crippen LogP contribution in [0.1, 0.15) is 25.8 Å². The first kappa shape index (κ1) is 24.4. The molecule has 2 N–H and O–H groups in total. The van der Waals surface area contributed by atoms with Crippen LogP contribution in [-0.4, -0.2) is 38.3 Å². The van der Waals surface area contributed by atoms with E-state index in [4.69, 9.17) is 4.74 Å². The molecule has 12 heteroatoms. The second-order valence-electron chi connectivity index (χ2n) is 6.62. The molecule has 1 amide bonds. The number of carbonyl (C=O) groups excluding carboxylic acids is 1. The van der Waals surface area contributed by atoms with Crippen molar-refractivity contribution in [3.63, 3.8) is 0 Å². The summed E-state index contributed by atoms with van der Waals surface area (Å²) in [5.41, 5.74) is 0.742. The molecule has 0 fully saturated rings. The summed E-state index contributed by atoms with van der Waals surface area (Å²) in [6, 6.07) is 7.16. The number of benzene rings is 1. The standard InChI is InChI=1S/C19H22F3N3O5S/c1-13(2)29-18-8-3-14(12-24-18)11-23-17(26)9-10-25-31(27,28)16-6-4-15(5-7-16)30-19(20,21)22/h3-8,12-13,25H,9-11H2,1-2H3,(H,23,26). The molecule has 1 aromatic heterocycles. The van der Waals surface area contributed by atoms with Crippen LogP contribution < -0.4 is 19.5 Å². The lowest BCUT2D eigenvalue weighted by Crippen LogP contribution is -2.30. The number of hydrogen-bond acceptors (Lipinski definition) is 6. The van der Waals surface area contributed by atoms with Gasteiger partial charge < -0.3 is 14.8 Å². The maximum atomic E-state index is 12.2. The Morgan fingerprint density at radius 3 is 2.35 bits per heavy atom. The van der Waals surface area contributed by atoms with Gasteiger partial charge in [0.15, 0.2) is 0 Å². The number of hydrogen-bond donors (Lipinski definition) is 2. The Kier molecular flexibility index (Phi) is 8.22. The highest BCUT2D eigenvalue weighted by molar-refractivity contribution is 7.89. The smallest absolute Gasteiger partial charge is 0.475 e. The Labute approximate surface area is 177 Å². The predicted octanol–water partition coefficient (Wildman–Crippen LogP) is 2.75. The topological polar surface area (TPSA) is 107 Å². The van der Waals surface area contributed by atoms with E-state index in [1.165, 1.54) is 0 Å². The van der Waals surface area contributed by atoms with Crippen LogP contribution in [0, 0.1) is 0 Å². The average molecular weight is 461 g/mol. The molecule has 0 unspecified atom stereocenters. The fourth-order valence-corrected chi connectivity index (χ4v) is 3.35. The van der Waals surface area contributed by atoms with Gasteiger partial charge in [0.25, 0.3) is 0 Å². The lowest BCUT2D eigenvalue weighted by atomic mass is 10.3. The molecule has 0 aliphatic rings.